The fraction of sp³-hybridized carbons (Fsp3) is 0.562. The SMILES string of the molecule is COC(=O)C(CN1CCCCCC1)c1ccccc1F. The van der Waals surface area contributed by atoms with Crippen LogP contribution in [0.4, 0.5) is 4.39 Å². The van der Waals surface area contributed by atoms with Crippen LogP contribution in [0.3, 0.4) is 0 Å². The first-order valence-electron chi connectivity index (χ1n) is 7.27. The van der Waals surface area contributed by atoms with Crippen molar-refractivity contribution in [1.29, 1.82) is 0 Å². The molecule has 1 saturated heterocycles. The monoisotopic (exact) mass is 279 g/mol. The average molecular weight is 279 g/mol. The third-order valence-corrected chi connectivity index (χ3v) is 3.91. The maximum Gasteiger partial charge on any atom is 0.314 e. The Bertz CT molecular complexity index is 442. The molecule has 1 aromatic rings. The first kappa shape index (κ1) is 15.0. The lowest BCUT2D eigenvalue weighted by Crippen LogP contribution is -2.33. The molecule has 110 valence electrons. The molecule has 0 N–H and O–H groups in total. The van der Waals surface area contributed by atoms with Gasteiger partial charge in [-0.05, 0) is 32.0 Å². The smallest absolute Gasteiger partial charge is 0.314 e. The van der Waals surface area contributed by atoms with Crippen molar-refractivity contribution in [3.8, 4) is 0 Å². The van der Waals surface area contributed by atoms with E-state index in [4.69, 9.17) is 4.74 Å². The number of halogens is 1. The minimum absolute atomic E-state index is 0.335. The number of nitrogens with zero attached hydrogens (tertiary/aromatic N) is 1. The highest BCUT2D eigenvalue weighted by atomic mass is 19.1. The van der Waals surface area contributed by atoms with Gasteiger partial charge in [-0.25, -0.2) is 4.39 Å². The number of ether oxygens (including phenoxy) is 1. The second-order valence-electron chi connectivity index (χ2n) is 5.31. The molecule has 3 nitrogen and oxygen atoms in total. The van der Waals surface area contributed by atoms with Gasteiger partial charge in [0.2, 0.25) is 0 Å². The van der Waals surface area contributed by atoms with Gasteiger partial charge in [-0.15, -0.1) is 0 Å². The van der Waals surface area contributed by atoms with Gasteiger partial charge in [0.05, 0.1) is 13.0 Å². The number of benzene rings is 1. The molecule has 1 aliphatic heterocycles. The number of likely N-dealkylation sites (tertiary alicyclic amines) is 1. The average Bonchev–Trinajstić information content (AvgIpc) is 2.73. The Morgan fingerprint density at radius 2 is 1.90 bits per heavy atom. The van der Waals surface area contributed by atoms with E-state index in [2.05, 4.69) is 4.90 Å². The van der Waals surface area contributed by atoms with Crippen LogP contribution in [0.5, 0.6) is 0 Å². The molecule has 1 aliphatic rings. The standard InChI is InChI=1S/C16H22FNO2/c1-20-16(19)14(13-8-4-5-9-15(13)17)12-18-10-6-2-3-7-11-18/h4-5,8-9,14H,2-3,6-7,10-12H2,1H3. The second kappa shape index (κ2) is 7.39. The van der Waals surface area contributed by atoms with Crippen LogP contribution in [0.1, 0.15) is 37.2 Å². The van der Waals surface area contributed by atoms with Crippen molar-refractivity contribution in [2.75, 3.05) is 26.7 Å². The van der Waals surface area contributed by atoms with Gasteiger partial charge in [0.15, 0.2) is 0 Å². The summed E-state index contributed by atoms with van der Waals surface area (Å²) >= 11 is 0. The van der Waals surface area contributed by atoms with Crippen LogP contribution >= 0.6 is 0 Å². The molecule has 2 rings (SSSR count). The molecule has 0 aliphatic carbocycles. The lowest BCUT2D eigenvalue weighted by molar-refractivity contribution is -0.143. The summed E-state index contributed by atoms with van der Waals surface area (Å²) in [6.07, 6.45) is 4.76. The Kier molecular flexibility index (Phi) is 5.53. The van der Waals surface area contributed by atoms with Crippen molar-refractivity contribution in [2.45, 2.75) is 31.6 Å². The minimum atomic E-state index is -0.542. The van der Waals surface area contributed by atoms with Gasteiger partial charge < -0.3 is 9.64 Å². The molecule has 1 atom stereocenters. The molecule has 0 bridgehead atoms. The van der Waals surface area contributed by atoms with E-state index in [1.807, 2.05) is 0 Å². The van der Waals surface area contributed by atoms with E-state index in [0.717, 1.165) is 25.9 Å². The van der Waals surface area contributed by atoms with Crippen LogP contribution in [0, 0.1) is 5.82 Å². The highest BCUT2D eigenvalue weighted by Crippen LogP contribution is 2.23. The molecular weight excluding hydrogens is 257 g/mol. The summed E-state index contributed by atoms with van der Waals surface area (Å²) in [5.74, 6) is -1.24. The molecule has 1 heterocycles. The number of methoxy groups -OCH3 is 1. The Labute approximate surface area is 119 Å². The van der Waals surface area contributed by atoms with Crippen LogP contribution in [0.2, 0.25) is 0 Å². The van der Waals surface area contributed by atoms with Gasteiger partial charge in [0, 0.05) is 12.1 Å². The summed E-state index contributed by atoms with van der Waals surface area (Å²) in [6.45, 7) is 2.48. The van der Waals surface area contributed by atoms with E-state index < -0.39 is 5.92 Å². The number of rotatable bonds is 4. The van der Waals surface area contributed by atoms with Crippen molar-refractivity contribution in [1.82, 2.24) is 4.90 Å². The third-order valence-electron chi connectivity index (χ3n) is 3.91. The van der Waals surface area contributed by atoms with Crippen LogP contribution in [-0.4, -0.2) is 37.6 Å². The first-order chi connectivity index (χ1) is 9.72. The van der Waals surface area contributed by atoms with Crippen LogP contribution in [0.25, 0.3) is 0 Å². The van der Waals surface area contributed by atoms with E-state index in [1.54, 1.807) is 18.2 Å². The summed E-state index contributed by atoms with van der Waals surface area (Å²) < 4.78 is 18.8. The fourth-order valence-corrected chi connectivity index (χ4v) is 2.78. The van der Waals surface area contributed by atoms with E-state index in [0.29, 0.717) is 12.1 Å². The van der Waals surface area contributed by atoms with Crippen molar-refractivity contribution in [2.24, 2.45) is 0 Å². The summed E-state index contributed by atoms with van der Waals surface area (Å²) in [6, 6.07) is 6.47. The van der Waals surface area contributed by atoms with Crippen molar-refractivity contribution in [3.63, 3.8) is 0 Å². The lowest BCUT2D eigenvalue weighted by atomic mass is 9.97. The number of esters is 1. The minimum Gasteiger partial charge on any atom is -0.469 e. The molecule has 1 aromatic carbocycles. The zero-order valence-electron chi connectivity index (χ0n) is 12.0. The number of carbonyl (C=O) groups is 1. The van der Waals surface area contributed by atoms with E-state index in [1.165, 1.54) is 26.0 Å². The summed E-state index contributed by atoms with van der Waals surface area (Å²) in [5.41, 5.74) is 0.434. The summed E-state index contributed by atoms with van der Waals surface area (Å²) in [4.78, 5) is 14.3. The fourth-order valence-electron chi connectivity index (χ4n) is 2.78. The van der Waals surface area contributed by atoms with E-state index >= 15 is 0 Å². The number of carbonyl (C=O) groups excluding carboxylic acids is 1. The molecular formula is C16H22FNO2. The predicted molar refractivity (Wildman–Crippen MR) is 76.1 cm³/mol. The topological polar surface area (TPSA) is 29.5 Å². The van der Waals surface area contributed by atoms with Gasteiger partial charge in [-0.2, -0.15) is 0 Å². The molecule has 0 spiro atoms. The molecule has 4 heteroatoms. The Hall–Kier alpha value is -1.42. The third kappa shape index (κ3) is 3.79. The quantitative estimate of drug-likeness (QED) is 0.794. The Balaban J connectivity index is 2.15. The van der Waals surface area contributed by atoms with Crippen LogP contribution in [0.15, 0.2) is 24.3 Å². The van der Waals surface area contributed by atoms with Gasteiger partial charge in [0.1, 0.15) is 5.82 Å². The lowest BCUT2D eigenvalue weighted by Gasteiger charge is -2.25. The normalized spacial score (nSPS) is 18.3. The van der Waals surface area contributed by atoms with E-state index in [9.17, 15) is 9.18 Å². The Morgan fingerprint density at radius 1 is 1.25 bits per heavy atom. The second-order valence-corrected chi connectivity index (χ2v) is 5.31. The summed E-state index contributed by atoms with van der Waals surface area (Å²) in [7, 11) is 1.36. The maximum absolute atomic E-state index is 13.9. The largest absolute Gasteiger partial charge is 0.469 e. The van der Waals surface area contributed by atoms with Gasteiger partial charge in [-0.3, -0.25) is 4.79 Å². The number of hydrogen-bond donors (Lipinski definition) is 0. The number of hydrogen-bond acceptors (Lipinski definition) is 3. The molecule has 0 saturated carbocycles. The van der Waals surface area contributed by atoms with Crippen molar-refractivity contribution < 1.29 is 13.9 Å². The zero-order valence-corrected chi connectivity index (χ0v) is 12.0. The molecule has 0 aromatic heterocycles. The van der Waals surface area contributed by atoms with Crippen LogP contribution in [-0.2, 0) is 9.53 Å². The molecule has 20 heavy (non-hydrogen) atoms. The Morgan fingerprint density at radius 3 is 2.50 bits per heavy atom. The maximum atomic E-state index is 13.9. The van der Waals surface area contributed by atoms with Gasteiger partial charge >= 0.3 is 5.97 Å². The highest BCUT2D eigenvalue weighted by Gasteiger charge is 2.27. The van der Waals surface area contributed by atoms with Crippen molar-refractivity contribution >= 4 is 5.97 Å². The molecule has 0 radical (unpaired) electrons. The van der Waals surface area contributed by atoms with Crippen LogP contribution < -0.4 is 0 Å². The predicted octanol–water partition coefficient (Wildman–Crippen LogP) is 2.96. The van der Waals surface area contributed by atoms with Gasteiger partial charge in [0.25, 0.3) is 0 Å². The van der Waals surface area contributed by atoms with Crippen molar-refractivity contribution in [3.05, 3.63) is 35.6 Å². The summed E-state index contributed by atoms with van der Waals surface area (Å²) in [5, 5.41) is 0. The first-order valence-corrected chi connectivity index (χ1v) is 7.27. The van der Waals surface area contributed by atoms with E-state index in [-0.39, 0.29) is 11.8 Å². The van der Waals surface area contributed by atoms with Gasteiger partial charge in [-0.1, -0.05) is 31.0 Å². The molecule has 1 unspecified atom stereocenters. The highest BCUT2D eigenvalue weighted by molar-refractivity contribution is 5.78. The zero-order chi connectivity index (χ0) is 14.4. The molecule has 0 amide bonds. The molecule has 1 fully saturated rings.